The Balaban J connectivity index is 1.44. The minimum absolute atomic E-state index is 0.0857. The molecule has 0 bridgehead atoms. The lowest BCUT2D eigenvalue weighted by molar-refractivity contribution is -0.115. The number of carbonyl (C=O) groups is 2. The van der Waals surface area contributed by atoms with Crippen molar-refractivity contribution in [3.05, 3.63) is 47.9 Å². The molecule has 1 saturated carbocycles. The molecule has 3 amide bonds. The first-order valence-corrected chi connectivity index (χ1v) is 12.4. The average molecular weight is 503 g/mol. The van der Waals surface area contributed by atoms with Crippen molar-refractivity contribution in [2.24, 2.45) is 5.41 Å². The molecule has 0 aromatic carbocycles. The van der Waals surface area contributed by atoms with E-state index in [1.54, 1.807) is 18.5 Å². The lowest BCUT2D eigenvalue weighted by atomic mass is 9.99. The zero-order chi connectivity index (χ0) is 26.0. The predicted octanol–water partition coefficient (Wildman–Crippen LogP) is 3.69. The fourth-order valence-corrected chi connectivity index (χ4v) is 4.39. The van der Waals surface area contributed by atoms with Crippen LogP contribution in [0.2, 0.25) is 0 Å². The standard InChI is InChI=1S/C27H30N6O4/c1-16-20(13-18(15-30-16)31-26(36)29-8-6-27(2)4-5-27)17-11-22(32-24(12-17)37-10-9-34)19-3-7-28-25-21(19)14-23(35)33-25/h3,7,11-13,15,34H,4-6,8-10,14H2,1-2H3,(H,28,33,35)(H2,29,31,36). The van der Waals surface area contributed by atoms with Crippen LogP contribution in [0, 0.1) is 12.3 Å². The lowest BCUT2D eigenvalue weighted by Crippen LogP contribution is -2.30. The summed E-state index contributed by atoms with van der Waals surface area (Å²) in [7, 11) is 0. The molecule has 0 spiro atoms. The Hall–Kier alpha value is -4.05. The minimum Gasteiger partial charge on any atom is -0.475 e. The minimum atomic E-state index is -0.271. The maximum Gasteiger partial charge on any atom is 0.319 e. The van der Waals surface area contributed by atoms with Gasteiger partial charge in [0.15, 0.2) is 0 Å². The van der Waals surface area contributed by atoms with Gasteiger partial charge in [0.05, 0.1) is 30.6 Å². The number of aliphatic hydroxyl groups excluding tert-OH is 1. The third-order valence-electron chi connectivity index (χ3n) is 6.84. The van der Waals surface area contributed by atoms with Crippen LogP contribution in [-0.4, -0.2) is 51.8 Å². The van der Waals surface area contributed by atoms with E-state index in [1.807, 2.05) is 25.1 Å². The van der Waals surface area contributed by atoms with E-state index < -0.39 is 0 Å². The second-order valence-corrected chi connectivity index (χ2v) is 9.86. The predicted molar refractivity (Wildman–Crippen MR) is 139 cm³/mol. The molecule has 1 fully saturated rings. The number of ether oxygens (including phenoxy) is 1. The van der Waals surface area contributed by atoms with Crippen LogP contribution < -0.4 is 20.7 Å². The number of anilines is 2. The van der Waals surface area contributed by atoms with Gasteiger partial charge in [0.25, 0.3) is 0 Å². The number of rotatable bonds is 9. The molecule has 37 heavy (non-hydrogen) atoms. The van der Waals surface area contributed by atoms with Gasteiger partial charge >= 0.3 is 6.03 Å². The van der Waals surface area contributed by atoms with Crippen LogP contribution in [-0.2, 0) is 11.2 Å². The van der Waals surface area contributed by atoms with Gasteiger partial charge in [-0.15, -0.1) is 0 Å². The number of aromatic nitrogens is 3. The van der Waals surface area contributed by atoms with Crippen LogP contribution in [0.3, 0.4) is 0 Å². The summed E-state index contributed by atoms with van der Waals surface area (Å²) in [6.45, 7) is 4.68. The van der Waals surface area contributed by atoms with Crippen LogP contribution in [0.1, 0.15) is 37.4 Å². The van der Waals surface area contributed by atoms with E-state index in [-0.39, 0.29) is 31.6 Å². The van der Waals surface area contributed by atoms with Crippen molar-refractivity contribution in [1.82, 2.24) is 20.3 Å². The number of fused-ring (bicyclic) bond motifs is 1. The second kappa shape index (κ2) is 10.1. The van der Waals surface area contributed by atoms with Crippen molar-refractivity contribution in [2.45, 2.75) is 39.5 Å². The van der Waals surface area contributed by atoms with Crippen molar-refractivity contribution in [3.63, 3.8) is 0 Å². The van der Waals surface area contributed by atoms with E-state index in [0.717, 1.165) is 34.4 Å². The molecule has 4 N–H and O–H groups in total. The van der Waals surface area contributed by atoms with Crippen LogP contribution in [0.5, 0.6) is 5.88 Å². The molecule has 5 rings (SSSR count). The molecule has 2 aliphatic rings. The topological polar surface area (TPSA) is 138 Å². The largest absolute Gasteiger partial charge is 0.475 e. The summed E-state index contributed by atoms with van der Waals surface area (Å²) >= 11 is 0. The molecule has 1 aliphatic carbocycles. The monoisotopic (exact) mass is 502 g/mol. The zero-order valence-corrected chi connectivity index (χ0v) is 20.9. The number of urea groups is 1. The number of nitrogens with zero attached hydrogens (tertiary/aromatic N) is 3. The Kier molecular flexibility index (Phi) is 6.75. The molecule has 0 unspecified atom stereocenters. The molecule has 1 aliphatic heterocycles. The van der Waals surface area contributed by atoms with E-state index in [1.165, 1.54) is 12.8 Å². The van der Waals surface area contributed by atoms with Crippen LogP contribution in [0.4, 0.5) is 16.3 Å². The molecule has 3 aromatic rings. The summed E-state index contributed by atoms with van der Waals surface area (Å²) in [4.78, 5) is 37.8. The number of hydrogen-bond acceptors (Lipinski definition) is 7. The van der Waals surface area contributed by atoms with Gasteiger partial charge < -0.3 is 25.8 Å². The zero-order valence-electron chi connectivity index (χ0n) is 20.9. The molecular weight excluding hydrogens is 472 g/mol. The number of hydrogen-bond donors (Lipinski definition) is 4. The fraction of sp³-hybridized carbons (Fsp3) is 0.370. The number of aliphatic hydroxyl groups is 1. The van der Waals surface area contributed by atoms with Gasteiger partial charge in [-0.2, -0.15) is 0 Å². The molecule has 0 radical (unpaired) electrons. The molecule has 0 saturated heterocycles. The first-order valence-electron chi connectivity index (χ1n) is 12.4. The van der Waals surface area contributed by atoms with Crippen molar-refractivity contribution in [3.8, 4) is 28.3 Å². The second-order valence-electron chi connectivity index (χ2n) is 9.86. The highest BCUT2D eigenvalue weighted by Crippen LogP contribution is 2.47. The maximum atomic E-state index is 12.5. The lowest BCUT2D eigenvalue weighted by Gasteiger charge is -2.14. The molecular formula is C27H30N6O4. The highest BCUT2D eigenvalue weighted by atomic mass is 16.5. The highest BCUT2D eigenvalue weighted by molar-refractivity contribution is 6.00. The summed E-state index contributed by atoms with van der Waals surface area (Å²) in [5, 5.41) is 17.8. The van der Waals surface area contributed by atoms with E-state index in [4.69, 9.17) is 4.74 Å². The molecule has 192 valence electrons. The first-order chi connectivity index (χ1) is 17.8. The smallest absolute Gasteiger partial charge is 0.319 e. The Morgan fingerprint density at radius 2 is 2.05 bits per heavy atom. The van der Waals surface area contributed by atoms with Gasteiger partial charge in [-0.3, -0.25) is 9.78 Å². The summed E-state index contributed by atoms with van der Waals surface area (Å²) in [6.07, 6.45) is 6.86. The SMILES string of the molecule is Cc1ncc(NC(=O)NCCC2(C)CC2)cc1-c1cc(OCCO)nc(-c2ccnc3c2CC(=O)N3)c1. The van der Waals surface area contributed by atoms with Crippen molar-refractivity contribution < 1.29 is 19.4 Å². The number of nitrogens with one attached hydrogen (secondary N) is 3. The van der Waals surface area contributed by atoms with Gasteiger partial charge in [0.1, 0.15) is 12.4 Å². The third kappa shape index (κ3) is 5.69. The van der Waals surface area contributed by atoms with Crippen LogP contribution >= 0.6 is 0 Å². The highest BCUT2D eigenvalue weighted by Gasteiger charge is 2.36. The van der Waals surface area contributed by atoms with Crippen LogP contribution in [0.15, 0.2) is 36.7 Å². The van der Waals surface area contributed by atoms with E-state index >= 15 is 0 Å². The average Bonchev–Trinajstić information content (AvgIpc) is 3.48. The van der Waals surface area contributed by atoms with Crippen molar-refractivity contribution in [1.29, 1.82) is 0 Å². The first kappa shape index (κ1) is 24.6. The molecule has 4 heterocycles. The van der Waals surface area contributed by atoms with Gasteiger partial charge in [0.2, 0.25) is 11.8 Å². The Labute approximate surface area is 214 Å². The normalized spacial score (nSPS) is 15.1. The quantitative estimate of drug-likeness (QED) is 0.350. The maximum absolute atomic E-state index is 12.5. The van der Waals surface area contributed by atoms with Crippen molar-refractivity contribution >= 4 is 23.4 Å². The van der Waals surface area contributed by atoms with E-state index in [9.17, 15) is 14.7 Å². The summed E-state index contributed by atoms with van der Waals surface area (Å²) in [5.41, 5.74) is 5.40. The third-order valence-corrected chi connectivity index (χ3v) is 6.84. The number of aryl methyl sites for hydroxylation is 1. The Morgan fingerprint density at radius 1 is 1.22 bits per heavy atom. The Morgan fingerprint density at radius 3 is 2.84 bits per heavy atom. The van der Waals surface area contributed by atoms with Gasteiger partial charge in [-0.05, 0) is 55.4 Å². The fourth-order valence-electron chi connectivity index (χ4n) is 4.39. The van der Waals surface area contributed by atoms with E-state index in [0.29, 0.717) is 35.0 Å². The summed E-state index contributed by atoms with van der Waals surface area (Å²) in [5.74, 6) is 0.734. The number of carbonyl (C=O) groups excluding carboxylic acids is 2. The summed E-state index contributed by atoms with van der Waals surface area (Å²) in [6, 6.07) is 7.08. The number of amides is 3. The molecule has 10 nitrogen and oxygen atoms in total. The number of pyridine rings is 3. The van der Waals surface area contributed by atoms with Gasteiger partial charge in [-0.25, -0.2) is 14.8 Å². The van der Waals surface area contributed by atoms with Crippen molar-refractivity contribution in [2.75, 3.05) is 30.4 Å². The summed E-state index contributed by atoms with van der Waals surface area (Å²) < 4.78 is 5.67. The Bertz CT molecular complexity index is 1350. The van der Waals surface area contributed by atoms with Crippen LogP contribution in [0.25, 0.3) is 22.4 Å². The van der Waals surface area contributed by atoms with E-state index in [2.05, 4.69) is 37.8 Å². The molecule has 10 heteroatoms. The molecule has 0 atom stereocenters. The van der Waals surface area contributed by atoms with Gasteiger partial charge in [-0.1, -0.05) is 6.92 Å². The van der Waals surface area contributed by atoms with Gasteiger partial charge in [0, 0.05) is 41.2 Å². The molecule has 3 aromatic heterocycles.